The molecule has 0 unspecified atom stereocenters. The quantitative estimate of drug-likeness (QED) is 0.657. The lowest BCUT2D eigenvalue weighted by molar-refractivity contribution is 0.949. The van der Waals surface area contributed by atoms with Gasteiger partial charge in [-0.3, -0.25) is 0 Å². The van der Waals surface area contributed by atoms with Gasteiger partial charge in [0.2, 0.25) is 5.95 Å². The Morgan fingerprint density at radius 3 is 2.22 bits per heavy atom. The van der Waals surface area contributed by atoms with Crippen LogP contribution in [0, 0.1) is 13.8 Å². The molecule has 2 heterocycles. The first-order valence-electron chi connectivity index (χ1n) is 9.46. The van der Waals surface area contributed by atoms with Crippen molar-refractivity contribution in [2.45, 2.75) is 26.7 Å². The number of nitrogens with zero attached hydrogens (tertiary/aromatic N) is 3. The highest BCUT2D eigenvalue weighted by atomic mass is 15.2. The van der Waals surface area contributed by atoms with E-state index in [4.69, 9.17) is 0 Å². The van der Waals surface area contributed by atoms with Crippen molar-refractivity contribution < 1.29 is 0 Å². The Hall–Kier alpha value is -3.08. The van der Waals surface area contributed by atoms with Crippen molar-refractivity contribution in [3.8, 4) is 0 Å². The standard InChI is InChI=1S/C22H25N5/c1-16-13-17(2)15-19(14-16)24-21-9-10-23-22(26-21)25-18-5-7-20(8-6-18)27-11-3-4-12-27/h5-10,13-15H,3-4,11-12H2,1-2H3,(H2,23,24,25,26). The molecule has 1 aliphatic heterocycles. The molecule has 0 atom stereocenters. The molecule has 1 aromatic heterocycles. The molecule has 4 rings (SSSR count). The average molecular weight is 359 g/mol. The molecule has 0 saturated carbocycles. The maximum Gasteiger partial charge on any atom is 0.229 e. The van der Waals surface area contributed by atoms with Crippen molar-refractivity contribution in [3.05, 3.63) is 65.9 Å². The van der Waals surface area contributed by atoms with Gasteiger partial charge in [0, 0.05) is 36.3 Å². The molecule has 1 fully saturated rings. The smallest absolute Gasteiger partial charge is 0.229 e. The molecule has 2 aromatic carbocycles. The average Bonchev–Trinajstić information content (AvgIpc) is 3.16. The molecule has 5 heteroatoms. The largest absolute Gasteiger partial charge is 0.372 e. The Labute approximate surface area is 160 Å². The Morgan fingerprint density at radius 2 is 1.52 bits per heavy atom. The molecule has 5 nitrogen and oxygen atoms in total. The summed E-state index contributed by atoms with van der Waals surface area (Å²) in [5.74, 6) is 1.35. The van der Waals surface area contributed by atoms with Gasteiger partial charge in [-0.05, 0) is 80.3 Å². The number of hydrogen-bond acceptors (Lipinski definition) is 5. The Bertz CT molecular complexity index is 894. The summed E-state index contributed by atoms with van der Waals surface area (Å²) >= 11 is 0. The summed E-state index contributed by atoms with van der Waals surface area (Å²) in [5.41, 5.74) is 5.75. The van der Waals surface area contributed by atoms with Crippen LogP contribution in [0.3, 0.4) is 0 Å². The molecule has 0 radical (unpaired) electrons. The first kappa shape index (κ1) is 17.3. The first-order chi connectivity index (χ1) is 13.2. The van der Waals surface area contributed by atoms with Crippen LogP contribution in [0.15, 0.2) is 54.7 Å². The van der Waals surface area contributed by atoms with E-state index < -0.39 is 0 Å². The van der Waals surface area contributed by atoms with E-state index in [9.17, 15) is 0 Å². The minimum absolute atomic E-state index is 0.582. The van der Waals surface area contributed by atoms with Crippen molar-refractivity contribution >= 4 is 28.8 Å². The summed E-state index contributed by atoms with van der Waals surface area (Å²) in [6.45, 7) is 6.50. The van der Waals surface area contributed by atoms with Gasteiger partial charge in [0.15, 0.2) is 0 Å². The van der Waals surface area contributed by atoms with Crippen LogP contribution >= 0.6 is 0 Å². The van der Waals surface area contributed by atoms with E-state index >= 15 is 0 Å². The van der Waals surface area contributed by atoms with Crippen LogP contribution in [0.5, 0.6) is 0 Å². The normalized spacial score (nSPS) is 13.6. The van der Waals surface area contributed by atoms with Gasteiger partial charge in [-0.15, -0.1) is 0 Å². The monoisotopic (exact) mass is 359 g/mol. The zero-order valence-electron chi connectivity index (χ0n) is 15.9. The molecule has 138 valence electrons. The molecular weight excluding hydrogens is 334 g/mol. The minimum Gasteiger partial charge on any atom is -0.372 e. The SMILES string of the molecule is Cc1cc(C)cc(Nc2ccnc(Nc3ccc(N4CCCC4)cc3)n2)c1. The second kappa shape index (κ2) is 7.66. The molecule has 3 aromatic rings. The maximum atomic E-state index is 4.58. The minimum atomic E-state index is 0.582. The van der Waals surface area contributed by atoms with Gasteiger partial charge in [-0.2, -0.15) is 4.98 Å². The van der Waals surface area contributed by atoms with E-state index in [0.29, 0.717) is 5.95 Å². The van der Waals surface area contributed by atoms with Crippen LogP contribution in [0.4, 0.5) is 28.8 Å². The third kappa shape index (κ3) is 4.37. The van der Waals surface area contributed by atoms with Gasteiger partial charge in [-0.25, -0.2) is 4.98 Å². The summed E-state index contributed by atoms with van der Waals surface area (Å²) < 4.78 is 0. The molecule has 27 heavy (non-hydrogen) atoms. The molecular formula is C22H25N5. The van der Waals surface area contributed by atoms with Gasteiger partial charge in [0.05, 0.1) is 0 Å². The zero-order valence-corrected chi connectivity index (χ0v) is 15.9. The van der Waals surface area contributed by atoms with Gasteiger partial charge >= 0.3 is 0 Å². The van der Waals surface area contributed by atoms with E-state index in [-0.39, 0.29) is 0 Å². The summed E-state index contributed by atoms with van der Waals surface area (Å²) in [4.78, 5) is 11.3. The molecule has 2 N–H and O–H groups in total. The summed E-state index contributed by atoms with van der Waals surface area (Å²) in [6, 6.07) is 16.7. The number of rotatable bonds is 5. The van der Waals surface area contributed by atoms with Crippen LogP contribution in [-0.4, -0.2) is 23.1 Å². The number of anilines is 5. The fourth-order valence-corrected chi connectivity index (χ4v) is 3.54. The van der Waals surface area contributed by atoms with E-state index in [0.717, 1.165) is 30.3 Å². The lowest BCUT2D eigenvalue weighted by atomic mass is 10.1. The van der Waals surface area contributed by atoms with E-state index in [1.54, 1.807) is 6.20 Å². The number of nitrogens with one attached hydrogen (secondary N) is 2. The van der Waals surface area contributed by atoms with Gasteiger partial charge in [0.1, 0.15) is 5.82 Å². The Morgan fingerprint density at radius 1 is 0.815 bits per heavy atom. The highest BCUT2D eigenvalue weighted by Gasteiger charge is 2.11. The first-order valence-corrected chi connectivity index (χ1v) is 9.46. The van der Waals surface area contributed by atoms with Crippen LogP contribution in [0.25, 0.3) is 0 Å². The lowest BCUT2D eigenvalue weighted by Crippen LogP contribution is -2.17. The van der Waals surface area contributed by atoms with Gasteiger partial charge < -0.3 is 15.5 Å². The summed E-state index contributed by atoms with van der Waals surface area (Å²) in [6.07, 6.45) is 4.33. The lowest BCUT2D eigenvalue weighted by Gasteiger charge is -2.17. The summed E-state index contributed by atoms with van der Waals surface area (Å²) in [7, 11) is 0. The van der Waals surface area contributed by atoms with Crippen LogP contribution in [0.1, 0.15) is 24.0 Å². The molecule has 0 spiro atoms. The highest BCUT2D eigenvalue weighted by Crippen LogP contribution is 2.24. The van der Waals surface area contributed by atoms with E-state index in [1.807, 2.05) is 6.07 Å². The third-order valence-electron chi connectivity index (χ3n) is 4.74. The zero-order chi connectivity index (χ0) is 18.6. The number of benzene rings is 2. The van der Waals surface area contributed by atoms with Crippen molar-refractivity contribution in [2.24, 2.45) is 0 Å². The van der Waals surface area contributed by atoms with Gasteiger partial charge in [-0.1, -0.05) is 6.07 Å². The van der Waals surface area contributed by atoms with Crippen molar-refractivity contribution in [3.63, 3.8) is 0 Å². The van der Waals surface area contributed by atoms with Crippen LogP contribution in [-0.2, 0) is 0 Å². The molecule has 1 aliphatic rings. The highest BCUT2D eigenvalue weighted by molar-refractivity contribution is 5.62. The van der Waals surface area contributed by atoms with Crippen molar-refractivity contribution in [2.75, 3.05) is 28.6 Å². The fraction of sp³-hybridized carbons (Fsp3) is 0.273. The Balaban J connectivity index is 1.45. The van der Waals surface area contributed by atoms with Crippen molar-refractivity contribution in [1.82, 2.24) is 9.97 Å². The van der Waals surface area contributed by atoms with Gasteiger partial charge in [0.25, 0.3) is 0 Å². The molecule has 0 aliphatic carbocycles. The number of hydrogen-bond donors (Lipinski definition) is 2. The molecule has 0 bridgehead atoms. The van der Waals surface area contributed by atoms with Crippen molar-refractivity contribution in [1.29, 1.82) is 0 Å². The predicted octanol–water partition coefficient (Wildman–Crippen LogP) is 5.18. The van der Waals surface area contributed by atoms with Crippen LogP contribution in [0.2, 0.25) is 0 Å². The van der Waals surface area contributed by atoms with E-state index in [2.05, 4.69) is 81.8 Å². The maximum absolute atomic E-state index is 4.58. The number of aryl methyl sites for hydroxylation is 2. The summed E-state index contributed by atoms with van der Waals surface area (Å²) in [5, 5.41) is 6.65. The predicted molar refractivity (Wildman–Crippen MR) is 112 cm³/mol. The molecule has 1 saturated heterocycles. The fourth-order valence-electron chi connectivity index (χ4n) is 3.54. The second-order valence-electron chi connectivity index (χ2n) is 7.13. The van der Waals surface area contributed by atoms with Crippen LogP contribution < -0.4 is 15.5 Å². The van der Waals surface area contributed by atoms with E-state index in [1.165, 1.54) is 29.7 Å². The number of aromatic nitrogens is 2. The second-order valence-corrected chi connectivity index (χ2v) is 7.13. The third-order valence-corrected chi connectivity index (χ3v) is 4.74. The Kier molecular flexibility index (Phi) is 4.92. The topological polar surface area (TPSA) is 53.1 Å². The molecule has 0 amide bonds.